The van der Waals surface area contributed by atoms with Crippen molar-refractivity contribution in [2.24, 2.45) is 20.0 Å². The number of rotatable bonds is 8. The van der Waals surface area contributed by atoms with Gasteiger partial charge in [0.25, 0.3) is 11.8 Å². The van der Waals surface area contributed by atoms with E-state index in [1.54, 1.807) is 6.07 Å². The number of ether oxygens (including phenoxy) is 1. The average molecular weight is 739 g/mol. The van der Waals surface area contributed by atoms with Crippen molar-refractivity contribution in [3.63, 3.8) is 0 Å². The lowest BCUT2D eigenvalue weighted by atomic mass is 9.88. The van der Waals surface area contributed by atoms with Crippen LogP contribution >= 0.6 is 11.6 Å². The van der Waals surface area contributed by atoms with Crippen LogP contribution in [0, 0.1) is 12.8 Å². The number of nitrogens with one attached hydrogen (secondary N) is 2. The van der Waals surface area contributed by atoms with Gasteiger partial charge in [0.2, 0.25) is 0 Å². The number of amides is 2. The van der Waals surface area contributed by atoms with Crippen molar-refractivity contribution < 1.29 is 14.3 Å². The lowest BCUT2D eigenvalue weighted by molar-refractivity contribution is 0.0283. The Kier molecular flexibility index (Phi) is 10.4. The highest BCUT2D eigenvalue weighted by atomic mass is 35.5. The first-order valence-corrected chi connectivity index (χ1v) is 19.8. The predicted molar refractivity (Wildman–Crippen MR) is 207 cm³/mol. The Morgan fingerprint density at radius 2 is 1.40 bits per heavy atom. The van der Waals surface area contributed by atoms with Crippen LogP contribution in [0.15, 0.2) is 36.4 Å². The molecule has 280 valence electrons. The molecule has 3 aliphatic heterocycles. The van der Waals surface area contributed by atoms with Crippen LogP contribution in [-0.4, -0.2) is 79.6 Å². The first kappa shape index (κ1) is 36.0. The SMILES string of the molecule is Cc1c(NC(=O)c2nc3c(n2C)CCN(CC2CCCCC2)C3)cccc1-c1cccc(NC(=O)c2nc3c(n2C)CCN(C2CCOCC2)C3)c1Cl. The summed E-state index contributed by atoms with van der Waals surface area (Å²) in [5.74, 6) is 1.04. The number of aromatic nitrogens is 4. The molecule has 5 heterocycles. The second-order valence-electron chi connectivity index (χ2n) is 15.4. The summed E-state index contributed by atoms with van der Waals surface area (Å²) in [7, 11) is 3.86. The molecule has 12 heteroatoms. The van der Waals surface area contributed by atoms with Crippen LogP contribution in [0.3, 0.4) is 0 Å². The molecule has 1 saturated heterocycles. The minimum absolute atomic E-state index is 0.235. The Bertz CT molecular complexity index is 2010. The van der Waals surface area contributed by atoms with E-state index in [1.165, 1.54) is 32.1 Å². The highest BCUT2D eigenvalue weighted by Gasteiger charge is 2.31. The van der Waals surface area contributed by atoms with Crippen molar-refractivity contribution in [1.82, 2.24) is 28.9 Å². The fraction of sp³-hybridized carbons (Fsp3) is 0.512. The van der Waals surface area contributed by atoms with E-state index < -0.39 is 0 Å². The van der Waals surface area contributed by atoms with Crippen molar-refractivity contribution in [3.8, 4) is 11.1 Å². The van der Waals surface area contributed by atoms with Crippen LogP contribution in [-0.2, 0) is 44.8 Å². The highest BCUT2D eigenvalue weighted by Crippen LogP contribution is 2.38. The van der Waals surface area contributed by atoms with Crippen LogP contribution in [0.25, 0.3) is 11.1 Å². The molecule has 2 aromatic carbocycles. The van der Waals surface area contributed by atoms with Crippen LogP contribution in [0.2, 0.25) is 5.02 Å². The van der Waals surface area contributed by atoms with Gasteiger partial charge in [-0.2, -0.15) is 0 Å². The monoisotopic (exact) mass is 738 g/mol. The topological polar surface area (TPSA) is 110 Å². The number of carbonyl (C=O) groups is 2. The molecular formula is C41H51ClN8O3. The van der Waals surface area contributed by atoms with Crippen molar-refractivity contribution in [2.45, 2.75) is 83.8 Å². The van der Waals surface area contributed by atoms with Gasteiger partial charge in [-0.3, -0.25) is 19.4 Å². The molecule has 4 aromatic rings. The van der Waals surface area contributed by atoms with E-state index in [0.29, 0.717) is 34.1 Å². The third-order valence-corrected chi connectivity index (χ3v) is 12.5. The zero-order valence-electron chi connectivity index (χ0n) is 31.2. The zero-order chi connectivity index (χ0) is 36.6. The number of anilines is 2. The Hall–Kier alpha value is -4.03. The molecular weight excluding hydrogens is 688 g/mol. The number of carbonyl (C=O) groups excluding carboxylic acids is 2. The molecule has 0 bridgehead atoms. The molecule has 0 spiro atoms. The highest BCUT2D eigenvalue weighted by molar-refractivity contribution is 6.36. The standard InChI is InChI=1S/C41H51ClN8O3/c1-26-29(11-7-13-31(26)45-40(51)38-43-33-24-49(19-15-35(33)47(38)2)23-27-9-5-4-6-10-27)30-12-8-14-32(37(30)42)46-41(52)39-44-34-25-50(20-16-36(34)48(39)3)28-17-21-53-22-18-28/h7-8,11-14,27-28H,4-6,9-10,15-25H2,1-3H3,(H,45,51)(H,46,52). The maximum atomic E-state index is 13.7. The number of imidazole rings is 2. The Labute approximate surface area is 317 Å². The minimum atomic E-state index is -0.300. The molecule has 2 amide bonds. The number of nitrogens with zero attached hydrogens (tertiary/aromatic N) is 6. The lowest BCUT2D eigenvalue weighted by Gasteiger charge is -2.36. The molecule has 1 aliphatic carbocycles. The summed E-state index contributed by atoms with van der Waals surface area (Å²) in [6, 6.07) is 11.9. The van der Waals surface area contributed by atoms with Crippen molar-refractivity contribution in [2.75, 3.05) is 43.5 Å². The summed E-state index contributed by atoms with van der Waals surface area (Å²) in [5, 5.41) is 6.59. The maximum Gasteiger partial charge on any atom is 0.291 e. The minimum Gasteiger partial charge on any atom is -0.381 e. The molecule has 4 aliphatic rings. The molecule has 2 N–H and O–H groups in total. The second kappa shape index (κ2) is 15.4. The quantitative estimate of drug-likeness (QED) is 0.206. The maximum absolute atomic E-state index is 13.7. The first-order valence-electron chi connectivity index (χ1n) is 19.4. The Balaban J connectivity index is 0.960. The third kappa shape index (κ3) is 7.28. The van der Waals surface area contributed by atoms with E-state index in [0.717, 1.165) is 117 Å². The zero-order valence-corrected chi connectivity index (χ0v) is 32.0. The summed E-state index contributed by atoms with van der Waals surface area (Å²) < 4.78 is 9.45. The summed E-state index contributed by atoms with van der Waals surface area (Å²) in [6.45, 7) is 8.19. The number of benzene rings is 2. The first-order chi connectivity index (χ1) is 25.7. The summed E-state index contributed by atoms with van der Waals surface area (Å²) in [5.41, 5.74) is 7.91. The molecule has 2 fully saturated rings. The molecule has 1 saturated carbocycles. The number of halogens is 1. The molecule has 0 unspecified atom stereocenters. The number of hydrogen-bond acceptors (Lipinski definition) is 7. The summed E-state index contributed by atoms with van der Waals surface area (Å²) in [6.07, 6.45) is 10.5. The normalized spacial score (nSPS) is 18.8. The van der Waals surface area contributed by atoms with E-state index in [9.17, 15) is 9.59 Å². The van der Waals surface area contributed by atoms with Gasteiger partial charge in [-0.25, -0.2) is 9.97 Å². The van der Waals surface area contributed by atoms with Crippen LogP contribution in [0.1, 0.15) is 94.5 Å². The van der Waals surface area contributed by atoms with Crippen molar-refractivity contribution in [1.29, 1.82) is 0 Å². The summed E-state index contributed by atoms with van der Waals surface area (Å²) >= 11 is 7.04. The fourth-order valence-corrected chi connectivity index (χ4v) is 9.32. The van der Waals surface area contributed by atoms with Gasteiger partial charge in [0.15, 0.2) is 11.6 Å². The van der Waals surface area contributed by atoms with Gasteiger partial charge in [-0.1, -0.05) is 55.1 Å². The molecule has 8 rings (SSSR count). The van der Waals surface area contributed by atoms with Gasteiger partial charge in [0, 0.05) is 102 Å². The van der Waals surface area contributed by atoms with E-state index in [-0.39, 0.29) is 11.8 Å². The van der Waals surface area contributed by atoms with Crippen molar-refractivity contribution in [3.05, 3.63) is 81.4 Å². The fourth-order valence-electron chi connectivity index (χ4n) is 9.05. The third-order valence-electron chi connectivity index (χ3n) is 12.1. The molecule has 0 atom stereocenters. The van der Waals surface area contributed by atoms with Gasteiger partial charge in [-0.15, -0.1) is 0 Å². The molecule has 0 radical (unpaired) electrons. The van der Waals surface area contributed by atoms with Gasteiger partial charge in [0.05, 0.1) is 22.1 Å². The number of fused-ring (bicyclic) bond motifs is 2. The lowest BCUT2D eigenvalue weighted by Crippen LogP contribution is -2.42. The van der Waals surface area contributed by atoms with Gasteiger partial charge in [-0.05, 0) is 61.8 Å². The van der Waals surface area contributed by atoms with E-state index >= 15 is 0 Å². The van der Waals surface area contributed by atoms with Gasteiger partial charge < -0.3 is 24.5 Å². The Morgan fingerprint density at radius 1 is 0.792 bits per heavy atom. The predicted octanol–water partition coefficient (Wildman–Crippen LogP) is 6.76. The average Bonchev–Trinajstić information content (AvgIpc) is 3.69. The Morgan fingerprint density at radius 3 is 2.09 bits per heavy atom. The molecule has 2 aromatic heterocycles. The van der Waals surface area contributed by atoms with Gasteiger partial charge >= 0.3 is 0 Å². The van der Waals surface area contributed by atoms with Crippen LogP contribution in [0.4, 0.5) is 11.4 Å². The van der Waals surface area contributed by atoms with E-state index in [4.69, 9.17) is 26.3 Å². The van der Waals surface area contributed by atoms with Crippen molar-refractivity contribution >= 4 is 34.8 Å². The summed E-state index contributed by atoms with van der Waals surface area (Å²) in [4.78, 5) is 42.1. The van der Waals surface area contributed by atoms with Gasteiger partial charge in [0.1, 0.15) is 0 Å². The number of hydrogen-bond donors (Lipinski definition) is 2. The molecule has 11 nitrogen and oxygen atoms in total. The van der Waals surface area contributed by atoms with Crippen LogP contribution < -0.4 is 10.6 Å². The second-order valence-corrected chi connectivity index (χ2v) is 15.8. The molecule has 53 heavy (non-hydrogen) atoms. The van der Waals surface area contributed by atoms with E-state index in [2.05, 4.69) is 20.4 Å². The van der Waals surface area contributed by atoms with Crippen LogP contribution in [0.5, 0.6) is 0 Å². The smallest absolute Gasteiger partial charge is 0.291 e. The largest absolute Gasteiger partial charge is 0.381 e. The van der Waals surface area contributed by atoms with E-state index in [1.807, 2.05) is 60.5 Å².